The van der Waals surface area contributed by atoms with E-state index in [1.165, 1.54) is 6.21 Å². The van der Waals surface area contributed by atoms with Crippen LogP contribution < -0.4 is 0 Å². The Morgan fingerprint density at radius 3 is 3.10 bits per heavy atom. The van der Waals surface area contributed by atoms with Crippen LogP contribution in [-0.2, 0) is 0 Å². The molecule has 0 aliphatic heterocycles. The van der Waals surface area contributed by atoms with Crippen molar-refractivity contribution >= 4 is 17.8 Å². The minimum absolute atomic E-state index is 0.552. The topological polar surface area (TPSA) is 32.6 Å². The van der Waals surface area contributed by atoms with E-state index in [0.29, 0.717) is 10.6 Å². The monoisotopic (exact) mass is 154 g/mol. The Morgan fingerprint density at radius 1 is 1.70 bits per heavy atom. The van der Waals surface area contributed by atoms with Crippen LogP contribution in [0.5, 0.6) is 0 Å². The molecular weight excluding hydrogens is 150 g/mol. The Hall–Kier alpha value is -1.02. The number of nitrogens with zero attached hydrogens (tertiary/aromatic N) is 1. The highest BCUT2D eigenvalue weighted by molar-refractivity contribution is 6.33. The van der Waals surface area contributed by atoms with Gasteiger partial charge in [-0.05, 0) is 18.2 Å². The van der Waals surface area contributed by atoms with Gasteiger partial charge in [-0.3, -0.25) is 0 Å². The fraction of sp³-hybridized carbons (Fsp3) is 0. The second-order valence-electron chi connectivity index (χ2n) is 1.69. The molecule has 2 nitrogen and oxygen atoms in total. The molecule has 1 aromatic carbocycles. The van der Waals surface area contributed by atoms with E-state index < -0.39 is 0 Å². The predicted octanol–water partition coefficient (Wildman–Crippen LogP) is 1.95. The number of halogens is 1. The first kappa shape index (κ1) is 7.09. The standard InChI is InChI=1S/C7H5ClNO/c8-7-4-2-1-3-6(7)5-9-10/h2-5,10H. The van der Waals surface area contributed by atoms with Crippen LogP contribution >= 0.6 is 11.6 Å². The normalized spacial score (nSPS) is 10.5. The molecule has 51 valence electrons. The third-order valence-corrected chi connectivity index (χ3v) is 1.38. The summed E-state index contributed by atoms with van der Waals surface area (Å²) in [5.74, 6) is 0. The molecule has 0 aromatic heterocycles. The van der Waals surface area contributed by atoms with Gasteiger partial charge in [-0.25, -0.2) is 0 Å². The first-order chi connectivity index (χ1) is 4.84. The van der Waals surface area contributed by atoms with Crippen LogP contribution in [0, 0.1) is 6.07 Å². The molecule has 1 rings (SSSR count). The number of hydrogen-bond donors (Lipinski definition) is 1. The van der Waals surface area contributed by atoms with Gasteiger partial charge in [0, 0.05) is 10.6 Å². The van der Waals surface area contributed by atoms with Crippen LogP contribution in [0.1, 0.15) is 5.56 Å². The maximum atomic E-state index is 8.14. The highest BCUT2D eigenvalue weighted by atomic mass is 35.5. The lowest BCUT2D eigenvalue weighted by Gasteiger charge is -1.91. The molecule has 0 bridgehead atoms. The second kappa shape index (κ2) is 3.22. The van der Waals surface area contributed by atoms with E-state index in [1.54, 1.807) is 18.2 Å². The fourth-order valence-corrected chi connectivity index (χ4v) is 0.752. The summed E-state index contributed by atoms with van der Waals surface area (Å²) < 4.78 is 0. The molecule has 0 heterocycles. The molecule has 10 heavy (non-hydrogen) atoms. The van der Waals surface area contributed by atoms with E-state index in [4.69, 9.17) is 16.8 Å². The van der Waals surface area contributed by atoms with Gasteiger partial charge in [0.2, 0.25) is 0 Å². The van der Waals surface area contributed by atoms with Crippen LogP contribution in [0.25, 0.3) is 0 Å². The summed E-state index contributed by atoms with van der Waals surface area (Å²) in [6.07, 6.45) is 1.26. The van der Waals surface area contributed by atoms with Gasteiger partial charge in [0.25, 0.3) is 0 Å². The van der Waals surface area contributed by atoms with E-state index in [1.807, 2.05) is 0 Å². The molecule has 3 heteroatoms. The zero-order chi connectivity index (χ0) is 7.40. The number of oxime groups is 1. The highest BCUT2D eigenvalue weighted by Gasteiger charge is 1.92. The SMILES string of the molecule is ON=Cc1c[c]ccc1Cl. The van der Waals surface area contributed by atoms with Gasteiger partial charge in [0.05, 0.1) is 6.21 Å². The molecule has 0 fully saturated rings. The van der Waals surface area contributed by atoms with E-state index >= 15 is 0 Å². The van der Waals surface area contributed by atoms with Crippen molar-refractivity contribution in [3.05, 3.63) is 34.9 Å². The molecule has 1 radical (unpaired) electrons. The molecule has 1 aromatic rings. The van der Waals surface area contributed by atoms with Crippen LogP contribution in [0.4, 0.5) is 0 Å². The van der Waals surface area contributed by atoms with Gasteiger partial charge in [0.15, 0.2) is 0 Å². The molecule has 0 aliphatic carbocycles. The summed E-state index contributed by atoms with van der Waals surface area (Å²) in [5, 5.41) is 11.5. The predicted molar refractivity (Wildman–Crippen MR) is 39.7 cm³/mol. The first-order valence-electron chi connectivity index (χ1n) is 2.67. The van der Waals surface area contributed by atoms with E-state index in [0.717, 1.165) is 0 Å². The number of benzene rings is 1. The molecule has 1 N–H and O–H groups in total. The van der Waals surface area contributed by atoms with E-state index in [-0.39, 0.29) is 0 Å². The first-order valence-corrected chi connectivity index (χ1v) is 3.05. The summed E-state index contributed by atoms with van der Waals surface area (Å²) in [7, 11) is 0. The quantitative estimate of drug-likeness (QED) is 0.374. The lowest BCUT2D eigenvalue weighted by Crippen LogP contribution is -1.80. The average Bonchev–Trinajstić information content (AvgIpc) is 1.94. The van der Waals surface area contributed by atoms with Crippen LogP contribution in [0.3, 0.4) is 0 Å². The largest absolute Gasteiger partial charge is 0.411 e. The molecule has 0 amide bonds. The van der Waals surface area contributed by atoms with Crippen molar-refractivity contribution in [1.82, 2.24) is 0 Å². The van der Waals surface area contributed by atoms with Crippen molar-refractivity contribution in [3.8, 4) is 0 Å². The summed E-state index contributed by atoms with van der Waals surface area (Å²) in [5.41, 5.74) is 0.659. The lowest BCUT2D eigenvalue weighted by molar-refractivity contribution is 0.322. The van der Waals surface area contributed by atoms with Crippen molar-refractivity contribution in [2.24, 2.45) is 5.16 Å². The summed E-state index contributed by atoms with van der Waals surface area (Å²) in [6.45, 7) is 0. The maximum Gasteiger partial charge on any atom is 0.0749 e. The van der Waals surface area contributed by atoms with Crippen LogP contribution in [0.2, 0.25) is 5.02 Å². The molecule has 0 saturated heterocycles. The minimum Gasteiger partial charge on any atom is -0.411 e. The van der Waals surface area contributed by atoms with Gasteiger partial charge in [-0.2, -0.15) is 0 Å². The Labute approximate surface area is 63.7 Å². The maximum absolute atomic E-state index is 8.14. The summed E-state index contributed by atoms with van der Waals surface area (Å²) >= 11 is 5.68. The van der Waals surface area contributed by atoms with Crippen molar-refractivity contribution in [1.29, 1.82) is 0 Å². The lowest BCUT2D eigenvalue weighted by atomic mass is 10.2. The van der Waals surface area contributed by atoms with Crippen molar-refractivity contribution in [3.63, 3.8) is 0 Å². The van der Waals surface area contributed by atoms with E-state index in [2.05, 4.69) is 11.2 Å². The molecule has 0 saturated carbocycles. The van der Waals surface area contributed by atoms with Gasteiger partial charge in [0.1, 0.15) is 0 Å². The highest BCUT2D eigenvalue weighted by Crippen LogP contribution is 2.11. The molecule has 0 spiro atoms. The smallest absolute Gasteiger partial charge is 0.0749 e. The number of rotatable bonds is 1. The zero-order valence-electron chi connectivity index (χ0n) is 5.08. The average molecular weight is 155 g/mol. The molecule has 0 aliphatic rings. The Bertz CT molecular complexity index is 247. The minimum atomic E-state index is 0.552. The Morgan fingerprint density at radius 2 is 2.50 bits per heavy atom. The van der Waals surface area contributed by atoms with Crippen molar-refractivity contribution in [2.45, 2.75) is 0 Å². The van der Waals surface area contributed by atoms with Gasteiger partial charge < -0.3 is 5.21 Å². The summed E-state index contributed by atoms with van der Waals surface area (Å²) in [6, 6.07) is 7.81. The molecular formula is C7H5ClNO. The second-order valence-corrected chi connectivity index (χ2v) is 2.10. The Kier molecular flexibility index (Phi) is 2.29. The number of hydrogen-bond acceptors (Lipinski definition) is 2. The van der Waals surface area contributed by atoms with Crippen molar-refractivity contribution < 1.29 is 5.21 Å². The Balaban J connectivity index is 3.03. The van der Waals surface area contributed by atoms with Crippen LogP contribution in [0.15, 0.2) is 23.4 Å². The molecule has 0 unspecified atom stereocenters. The third kappa shape index (κ3) is 1.48. The van der Waals surface area contributed by atoms with Crippen LogP contribution in [-0.4, -0.2) is 11.4 Å². The van der Waals surface area contributed by atoms with Gasteiger partial charge >= 0.3 is 0 Å². The van der Waals surface area contributed by atoms with E-state index in [9.17, 15) is 0 Å². The third-order valence-electron chi connectivity index (χ3n) is 1.04. The fourth-order valence-electron chi connectivity index (χ4n) is 0.585. The zero-order valence-corrected chi connectivity index (χ0v) is 5.84. The van der Waals surface area contributed by atoms with Gasteiger partial charge in [-0.1, -0.05) is 22.8 Å². The van der Waals surface area contributed by atoms with Gasteiger partial charge in [-0.15, -0.1) is 0 Å². The van der Waals surface area contributed by atoms with Crippen molar-refractivity contribution in [2.75, 3.05) is 0 Å². The summed E-state index contributed by atoms with van der Waals surface area (Å²) in [4.78, 5) is 0. The molecule has 0 atom stereocenters.